The van der Waals surface area contributed by atoms with Crippen LogP contribution in [0.2, 0.25) is 0 Å². The van der Waals surface area contributed by atoms with E-state index in [0.29, 0.717) is 18.3 Å². The van der Waals surface area contributed by atoms with Crippen LogP contribution < -0.4 is 5.32 Å². The minimum absolute atomic E-state index is 0.209. The van der Waals surface area contributed by atoms with Crippen LogP contribution in [0.4, 0.5) is 0 Å². The molecule has 7 heteroatoms. The van der Waals surface area contributed by atoms with Crippen LogP contribution in [0.5, 0.6) is 0 Å². The molecule has 0 bridgehead atoms. The zero-order valence-electron chi connectivity index (χ0n) is 13.6. The van der Waals surface area contributed by atoms with Crippen molar-refractivity contribution in [3.8, 4) is 0 Å². The summed E-state index contributed by atoms with van der Waals surface area (Å²) in [6.45, 7) is 4.82. The average Bonchev–Trinajstić information content (AvgIpc) is 3.18. The van der Waals surface area contributed by atoms with Crippen LogP contribution >= 0.6 is 12.2 Å². The zero-order chi connectivity index (χ0) is 16.7. The summed E-state index contributed by atoms with van der Waals surface area (Å²) in [6, 6.07) is 10.0. The van der Waals surface area contributed by atoms with Gasteiger partial charge in [0.15, 0.2) is 12.1 Å². The van der Waals surface area contributed by atoms with Gasteiger partial charge in [0.1, 0.15) is 24.4 Å². The number of thiocarbonyl (C=S) groups is 1. The fraction of sp³-hybridized carbons (Fsp3) is 0.588. The predicted octanol–water partition coefficient (Wildman–Crippen LogP) is 1.72. The summed E-state index contributed by atoms with van der Waals surface area (Å²) in [5.74, 6) is -0.682. The molecule has 0 spiro atoms. The summed E-state index contributed by atoms with van der Waals surface area (Å²) in [7, 11) is 0. The van der Waals surface area contributed by atoms with Crippen molar-refractivity contribution in [2.24, 2.45) is 0 Å². The summed E-state index contributed by atoms with van der Waals surface area (Å²) in [5, 5.41) is 3.41. The standard InChI is InChI=1S/C17H21NO5S/c1-17(2)22-14-13(19-9-10-6-4-3-5-7-10)12(21-15(14)23-17)11-8-18-16(24)20-11/h3-7,11-15H,8-9H2,1-2H3,(H,18,24)/t11-,12+,13-,14+,15+/m0/s1. The van der Waals surface area contributed by atoms with Gasteiger partial charge in [-0.2, -0.15) is 0 Å². The van der Waals surface area contributed by atoms with E-state index >= 15 is 0 Å². The Morgan fingerprint density at radius 1 is 1.21 bits per heavy atom. The van der Waals surface area contributed by atoms with Gasteiger partial charge in [0.2, 0.25) is 0 Å². The van der Waals surface area contributed by atoms with E-state index < -0.39 is 12.1 Å². The predicted molar refractivity (Wildman–Crippen MR) is 89.2 cm³/mol. The van der Waals surface area contributed by atoms with Gasteiger partial charge < -0.3 is 29.0 Å². The first-order chi connectivity index (χ1) is 11.5. The van der Waals surface area contributed by atoms with Crippen molar-refractivity contribution >= 4 is 17.4 Å². The third-order valence-corrected chi connectivity index (χ3v) is 4.63. The van der Waals surface area contributed by atoms with Gasteiger partial charge in [-0.3, -0.25) is 0 Å². The lowest BCUT2D eigenvalue weighted by atomic mass is 10.1. The number of rotatable bonds is 4. The van der Waals surface area contributed by atoms with Gasteiger partial charge in [-0.05, 0) is 31.6 Å². The molecule has 0 aliphatic carbocycles. The first-order valence-corrected chi connectivity index (χ1v) is 8.54. The highest BCUT2D eigenvalue weighted by Gasteiger charge is 2.58. The van der Waals surface area contributed by atoms with Crippen LogP contribution in [0.3, 0.4) is 0 Å². The summed E-state index contributed by atoms with van der Waals surface area (Å²) >= 11 is 5.06. The second kappa shape index (κ2) is 6.24. The molecule has 3 aliphatic heterocycles. The fourth-order valence-corrected chi connectivity index (χ4v) is 3.55. The lowest BCUT2D eigenvalue weighted by molar-refractivity contribution is -0.227. The highest BCUT2D eigenvalue weighted by atomic mass is 32.1. The molecule has 0 aromatic heterocycles. The summed E-state index contributed by atoms with van der Waals surface area (Å²) < 4.78 is 29.7. The molecule has 1 N–H and O–H groups in total. The van der Waals surface area contributed by atoms with Crippen molar-refractivity contribution in [1.82, 2.24) is 5.32 Å². The molecule has 3 aliphatic rings. The number of ether oxygens (including phenoxy) is 5. The Balaban J connectivity index is 1.50. The third-order valence-electron chi connectivity index (χ3n) is 4.38. The molecule has 24 heavy (non-hydrogen) atoms. The summed E-state index contributed by atoms with van der Waals surface area (Å²) in [4.78, 5) is 0. The molecular weight excluding hydrogens is 330 g/mol. The van der Waals surface area contributed by atoms with E-state index in [0.717, 1.165) is 5.56 Å². The van der Waals surface area contributed by atoms with Crippen molar-refractivity contribution in [2.75, 3.05) is 6.54 Å². The molecule has 130 valence electrons. The number of nitrogens with one attached hydrogen (secondary N) is 1. The monoisotopic (exact) mass is 351 g/mol. The number of benzene rings is 1. The molecule has 0 radical (unpaired) electrons. The van der Waals surface area contributed by atoms with Gasteiger partial charge in [0.25, 0.3) is 5.17 Å². The smallest absolute Gasteiger partial charge is 0.257 e. The maximum Gasteiger partial charge on any atom is 0.257 e. The van der Waals surface area contributed by atoms with Gasteiger partial charge in [-0.1, -0.05) is 30.3 Å². The van der Waals surface area contributed by atoms with Gasteiger partial charge in [0.05, 0.1) is 13.2 Å². The van der Waals surface area contributed by atoms with Crippen LogP contribution in [0.1, 0.15) is 19.4 Å². The molecular formula is C17H21NO5S. The molecule has 1 aromatic carbocycles. The Hall–Kier alpha value is -1.25. The SMILES string of the molecule is CC1(C)O[C@H]2O[C@H]([C@@H]3CNC(=S)O3)[C@H](OCc3ccccc3)[C@H]2O1. The van der Waals surface area contributed by atoms with E-state index in [4.69, 9.17) is 35.9 Å². The maximum absolute atomic E-state index is 6.18. The summed E-state index contributed by atoms with van der Waals surface area (Å²) in [6.07, 6.45) is -1.54. The van der Waals surface area contributed by atoms with Crippen molar-refractivity contribution in [3.05, 3.63) is 35.9 Å². The van der Waals surface area contributed by atoms with E-state index in [1.807, 2.05) is 44.2 Å². The maximum atomic E-state index is 6.18. The first kappa shape index (κ1) is 16.2. The highest BCUT2D eigenvalue weighted by molar-refractivity contribution is 7.80. The summed E-state index contributed by atoms with van der Waals surface area (Å²) in [5.41, 5.74) is 1.10. The molecule has 5 atom stereocenters. The molecule has 0 saturated carbocycles. The van der Waals surface area contributed by atoms with Crippen molar-refractivity contribution < 1.29 is 23.7 Å². The Morgan fingerprint density at radius 2 is 2.00 bits per heavy atom. The van der Waals surface area contributed by atoms with Gasteiger partial charge >= 0.3 is 0 Å². The lowest BCUT2D eigenvalue weighted by Gasteiger charge is -2.28. The Kier molecular flexibility index (Phi) is 4.22. The minimum Gasteiger partial charge on any atom is -0.463 e. The molecule has 3 saturated heterocycles. The number of fused-ring (bicyclic) bond motifs is 1. The molecule has 3 fully saturated rings. The van der Waals surface area contributed by atoms with E-state index in [9.17, 15) is 0 Å². The number of hydrogen-bond donors (Lipinski definition) is 1. The lowest BCUT2D eigenvalue weighted by Crippen LogP contribution is -2.44. The number of hydrogen-bond acceptors (Lipinski definition) is 6. The van der Waals surface area contributed by atoms with E-state index in [2.05, 4.69) is 5.32 Å². The van der Waals surface area contributed by atoms with E-state index in [1.54, 1.807) is 0 Å². The molecule has 6 nitrogen and oxygen atoms in total. The Bertz CT molecular complexity index is 610. The van der Waals surface area contributed by atoms with E-state index in [1.165, 1.54) is 0 Å². The molecule has 3 heterocycles. The molecule has 0 unspecified atom stereocenters. The highest BCUT2D eigenvalue weighted by Crippen LogP contribution is 2.40. The normalized spacial score (nSPS) is 37.1. The quantitative estimate of drug-likeness (QED) is 0.829. The average molecular weight is 351 g/mol. The van der Waals surface area contributed by atoms with Crippen LogP contribution in [0.25, 0.3) is 0 Å². The third kappa shape index (κ3) is 3.14. The van der Waals surface area contributed by atoms with Crippen LogP contribution in [-0.4, -0.2) is 48.2 Å². The van der Waals surface area contributed by atoms with Gasteiger partial charge in [-0.15, -0.1) is 0 Å². The molecule has 0 amide bonds. The first-order valence-electron chi connectivity index (χ1n) is 8.13. The Morgan fingerprint density at radius 3 is 2.71 bits per heavy atom. The van der Waals surface area contributed by atoms with Crippen molar-refractivity contribution in [1.29, 1.82) is 0 Å². The van der Waals surface area contributed by atoms with Crippen LogP contribution in [-0.2, 0) is 30.3 Å². The molecule has 1 aromatic rings. The topological polar surface area (TPSA) is 58.2 Å². The largest absolute Gasteiger partial charge is 0.463 e. The molecule has 4 rings (SSSR count). The zero-order valence-corrected chi connectivity index (χ0v) is 14.5. The Labute approximate surface area is 146 Å². The minimum atomic E-state index is -0.682. The fourth-order valence-electron chi connectivity index (χ4n) is 3.35. The van der Waals surface area contributed by atoms with Crippen molar-refractivity contribution in [3.63, 3.8) is 0 Å². The second-order valence-electron chi connectivity index (χ2n) is 6.66. The van der Waals surface area contributed by atoms with Gasteiger partial charge in [-0.25, -0.2) is 0 Å². The van der Waals surface area contributed by atoms with Crippen molar-refractivity contribution in [2.45, 2.75) is 56.9 Å². The van der Waals surface area contributed by atoms with Crippen LogP contribution in [0.15, 0.2) is 30.3 Å². The second-order valence-corrected chi connectivity index (χ2v) is 7.03. The van der Waals surface area contributed by atoms with E-state index in [-0.39, 0.29) is 24.4 Å². The van der Waals surface area contributed by atoms with Crippen LogP contribution in [0, 0.1) is 0 Å². The van der Waals surface area contributed by atoms with Gasteiger partial charge in [0, 0.05) is 0 Å².